The van der Waals surface area contributed by atoms with Crippen molar-refractivity contribution in [3.05, 3.63) is 0 Å². The lowest BCUT2D eigenvalue weighted by Crippen LogP contribution is -2.26. The normalized spacial score (nSPS) is 11.3. The van der Waals surface area contributed by atoms with Gasteiger partial charge in [-0.25, -0.2) is 13.1 Å². The van der Waals surface area contributed by atoms with Crippen LogP contribution in [0.25, 0.3) is 0 Å². The summed E-state index contributed by atoms with van der Waals surface area (Å²) in [7, 11) is -3.35. The Bertz CT molecular complexity index is 307. The van der Waals surface area contributed by atoms with E-state index in [9.17, 15) is 8.42 Å². The van der Waals surface area contributed by atoms with E-state index in [0.29, 0.717) is 6.54 Å². The topological polar surface area (TPSA) is 70.0 Å². The molecule has 0 aliphatic rings. The summed E-state index contributed by atoms with van der Waals surface area (Å²) in [6.07, 6.45) is 9.50. The smallest absolute Gasteiger partial charge is 0.214 e. The first-order chi connectivity index (χ1) is 8.12. The van der Waals surface area contributed by atoms with Gasteiger partial charge in [-0.05, 0) is 6.42 Å². The van der Waals surface area contributed by atoms with Crippen LogP contribution in [-0.4, -0.2) is 20.7 Å². The predicted octanol–water partition coefficient (Wildman–Crippen LogP) is 2.57. The zero-order chi connectivity index (χ0) is 13.0. The molecule has 0 saturated heterocycles. The fourth-order valence-electron chi connectivity index (χ4n) is 1.62. The lowest BCUT2D eigenvalue weighted by atomic mass is 10.1. The van der Waals surface area contributed by atoms with Crippen LogP contribution in [0.5, 0.6) is 0 Å². The van der Waals surface area contributed by atoms with E-state index in [1.807, 2.05) is 0 Å². The Kier molecular flexibility index (Phi) is 10.2. The van der Waals surface area contributed by atoms with E-state index >= 15 is 0 Å². The minimum absolute atomic E-state index is 0.440. The van der Waals surface area contributed by atoms with E-state index in [1.54, 1.807) is 6.07 Å². The molecular weight excluding hydrogens is 236 g/mol. The third-order valence-corrected chi connectivity index (χ3v) is 3.76. The fourth-order valence-corrected chi connectivity index (χ4v) is 2.35. The highest BCUT2D eigenvalue weighted by Gasteiger charge is 2.07. The number of rotatable bonds is 11. The average Bonchev–Trinajstić information content (AvgIpc) is 2.27. The van der Waals surface area contributed by atoms with Crippen molar-refractivity contribution in [2.45, 2.75) is 58.3 Å². The van der Waals surface area contributed by atoms with Gasteiger partial charge in [0.15, 0.2) is 5.75 Å². The quantitative estimate of drug-likeness (QED) is 0.580. The number of nitrogens with zero attached hydrogens (tertiary/aromatic N) is 1. The molecule has 0 unspecified atom stereocenters. The van der Waals surface area contributed by atoms with Crippen molar-refractivity contribution in [2.24, 2.45) is 0 Å². The zero-order valence-electron chi connectivity index (χ0n) is 10.7. The van der Waals surface area contributed by atoms with Crippen LogP contribution in [-0.2, 0) is 10.0 Å². The minimum Gasteiger partial charge on any atom is -0.214 e. The molecule has 0 amide bonds. The van der Waals surface area contributed by atoms with E-state index in [2.05, 4.69) is 11.6 Å². The Balaban J connectivity index is 3.27. The average molecular weight is 260 g/mol. The van der Waals surface area contributed by atoms with Crippen molar-refractivity contribution < 1.29 is 8.42 Å². The molecule has 0 aromatic rings. The molecule has 0 bridgehead atoms. The maximum Gasteiger partial charge on any atom is 0.225 e. The highest BCUT2D eigenvalue weighted by atomic mass is 32.2. The summed E-state index contributed by atoms with van der Waals surface area (Å²) >= 11 is 0. The maximum atomic E-state index is 11.1. The van der Waals surface area contributed by atoms with Crippen LogP contribution in [0, 0.1) is 11.3 Å². The SMILES string of the molecule is CCCCCCCCCCNS(=O)(=O)CC#N. The van der Waals surface area contributed by atoms with E-state index < -0.39 is 15.8 Å². The van der Waals surface area contributed by atoms with Crippen molar-refractivity contribution in [1.82, 2.24) is 4.72 Å². The molecule has 100 valence electrons. The fraction of sp³-hybridized carbons (Fsp3) is 0.917. The molecule has 0 aliphatic carbocycles. The van der Waals surface area contributed by atoms with Crippen LogP contribution in [0.2, 0.25) is 0 Å². The summed E-state index contributed by atoms with van der Waals surface area (Å²) < 4.78 is 24.6. The first kappa shape index (κ1) is 16.4. The molecule has 17 heavy (non-hydrogen) atoms. The summed E-state index contributed by atoms with van der Waals surface area (Å²) in [5, 5.41) is 8.28. The third kappa shape index (κ3) is 11.7. The lowest BCUT2D eigenvalue weighted by molar-refractivity contribution is 0.560. The second-order valence-corrected chi connectivity index (χ2v) is 6.09. The van der Waals surface area contributed by atoms with Crippen LogP contribution in [0.1, 0.15) is 58.3 Å². The van der Waals surface area contributed by atoms with Crippen molar-refractivity contribution >= 4 is 10.0 Å². The molecule has 0 aliphatic heterocycles. The van der Waals surface area contributed by atoms with Crippen LogP contribution in [0.15, 0.2) is 0 Å². The summed E-state index contributed by atoms with van der Waals surface area (Å²) in [4.78, 5) is 0. The summed E-state index contributed by atoms with van der Waals surface area (Å²) in [6, 6.07) is 1.64. The van der Waals surface area contributed by atoms with E-state index in [1.165, 1.54) is 38.5 Å². The van der Waals surface area contributed by atoms with Gasteiger partial charge in [-0.15, -0.1) is 0 Å². The number of sulfonamides is 1. The van der Waals surface area contributed by atoms with Crippen LogP contribution < -0.4 is 4.72 Å². The monoisotopic (exact) mass is 260 g/mol. The van der Waals surface area contributed by atoms with Gasteiger partial charge in [0.2, 0.25) is 10.0 Å². The number of hydrogen-bond acceptors (Lipinski definition) is 3. The Hall–Kier alpha value is -0.600. The largest absolute Gasteiger partial charge is 0.225 e. The van der Waals surface area contributed by atoms with Crippen molar-refractivity contribution in [1.29, 1.82) is 5.26 Å². The molecule has 0 fully saturated rings. The van der Waals surface area contributed by atoms with Crippen molar-refractivity contribution in [2.75, 3.05) is 12.3 Å². The molecule has 0 radical (unpaired) electrons. The Morgan fingerprint density at radius 3 is 2.06 bits per heavy atom. The van der Waals surface area contributed by atoms with Gasteiger partial charge in [-0.2, -0.15) is 5.26 Å². The Labute approximate surface area is 105 Å². The first-order valence-corrected chi connectivity index (χ1v) is 8.12. The molecule has 0 spiro atoms. The van der Waals surface area contributed by atoms with E-state index in [0.717, 1.165) is 12.8 Å². The number of unbranched alkanes of at least 4 members (excludes halogenated alkanes) is 7. The molecule has 0 aromatic heterocycles. The molecular formula is C12H24N2O2S. The molecule has 4 nitrogen and oxygen atoms in total. The van der Waals surface area contributed by atoms with Gasteiger partial charge >= 0.3 is 0 Å². The molecule has 0 rings (SSSR count). The minimum atomic E-state index is -3.35. The zero-order valence-corrected chi connectivity index (χ0v) is 11.6. The van der Waals surface area contributed by atoms with Gasteiger partial charge in [-0.3, -0.25) is 0 Å². The van der Waals surface area contributed by atoms with Gasteiger partial charge in [0, 0.05) is 6.54 Å². The molecule has 1 N–H and O–H groups in total. The third-order valence-electron chi connectivity index (χ3n) is 2.61. The van der Waals surface area contributed by atoms with Crippen molar-refractivity contribution in [3.63, 3.8) is 0 Å². The van der Waals surface area contributed by atoms with Gasteiger partial charge in [-0.1, -0.05) is 51.9 Å². The van der Waals surface area contributed by atoms with Gasteiger partial charge in [0.05, 0.1) is 6.07 Å². The predicted molar refractivity (Wildman–Crippen MR) is 70.0 cm³/mol. The van der Waals surface area contributed by atoms with E-state index in [-0.39, 0.29) is 0 Å². The van der Waals surface area contributed by atoms with E-state index in [4.69, 9.17) is 5.26 Å². The number of nitriles is 1. The Morgan fingerprint density at radius 1 is 1.00 bits per heavy atom. The Morgan fingerprint density at radius 2 is 1.53 bits per heavy atom. The molecule has 0 saturated carbocycles. The van der Waals surface area contributed by atoms with Crippen LogP contribution >= 0.6 is 0 Å². The highest BCUT2D eigenvalue weighted by molar-refractivity contribution is 7.89. The van der Waals surface area contributed by atoms with Crippen LogP contribution in [0.4, 0.5) is 0 Å². The second-order valence-electron chi connectivity index (χ2n) is 4.29. The standard InChI is InChI=1S/C12H24N2O2S/c1-2-3-4-5-6-7-8-9-11-14-17(15,16)12-10-13/h14H,2-9,11-12H2,1H3. The first-order valence-electron chi connectivity index (χ1n) is 6.46. The van der Waals surface area contributed by atoms with Gasteiger partial charge < -0.3 is 0 Å². The molecule has 0 aromatic carbocycles. The van der Waals surface area contributed by atoms with Crippen LogP contribution in [0.3, 0.4) is 0 Å². The number of hydrogen-bond donors (Lipinski definition) is 1. The highest BCUT2D eigenvalue weighted by Crippen LogP contribution is 2.07. The summed E-state index contributed by atoms with van der Waals surface area (Å²) in [6.45, 7) is 2.66. The summed E-state index contributed by atoms with van der Waals surface area (Å²) in [5.41, 5.74) is 0. The second kappa shape index (κ2) is 10.5. The van der Waals surface area contributed by atoms with Gasteiger partial charge in [0.1, 0.15) is 0 Å². The van der Waals surface area contributed by atoms with Gasteiger partial charge in [0.25, 0.3) is 0 Å². The molecule has 0 heterocycles. The van der Waals surface area contributed by atoms with Crippen molar-refractivity contribution in [3.8, 4) is 6.07 Å². The lowest BCUT2D eigenvalue weighted by Gasteiger charge is -2.03. The summed E-state index contributed by atoms with van der Waals surface area (Å²) in [5.74, 6) is -0.440. The molecule has 5 heteroatoms. The number of nitrogens with one attached hydrogen (secondary N) is 1. The maximum absolute atomic E-state index is 11.1. The molecule has 0 atom stereocenters.